The van der Waals surface area contributed by atoms with E-state index in [4.69, 9.17) is 9.47 Å². The van der Waals surface area contributed by atoms with Crippen LogP contribution >= 0.6 is 11.3 Å². The zero-order valence-corrected chi connectivity index (χ0v) is 11.8. The number of thiazole rings is 1. The Hall–Kier alpha value is -0.490. The number of rotatable bonds is 8. The van der Waals surface area contributed by atoms with Crippen LogP contribution in [0.1, 0.15) is 24.5 Å². The van der Waals surface area contributed by atoms with E-state index in [1.54, 1.807) is 11.3 Å². The molecule has 0 fully saturated rings. The summed E-state index contributed by atoms with van der Waals surface area (Å²) in [5.74, 6) is 0. The Bertz CT molecular complexity index is 311. The van der Waals surface area contributed by atoms with Crippen LogP contribution in [0.2, 0.25) is 0 Å². The van der Waals surface area contributed by atoms with Gasteiger partial charge in [0.15, 0.2) is 6.29 Å². The van der Waals surface area contributed by atoms with Gasteiger partial charge in [0.1, 0.15) is 0 Å². The van der Waals surface area contributed by atoms with E-state index in [-0.39, 0.29) is 12.3 Å². The molecule has 0 aliphatic carbocycles. The maximum Gasteiger partial charge on any atom is 0.173 e. The summed E-state index contributed by atoms with van der Waals surface area (Å²) in [6.45, 7) is 7.27. The molecule has 0 amide bonds. The molecule has 0 aliphatic rings. The Labute approximate surface area is 107 Å². The lowest BCUT2D eigenvalue weighted by Gasteiger charge is -2.25. The first-order valence-corrected chi connectivity index (χ1v) is 6.90. The van der Waals surface area contributed by atoms with E-state index in [0.29, 0.717) is 13.2 Å². The van der Waals surface area contributed by atoms with Crippen LogP contribution in [-0.2, 0) is 15.9 Å². The zero-order valence-electron chi connectivity index (χ0n) is 11.0. The minimum atomic E-state index is -0.209. The number of nitrogens with one attached hydrogen (secondary N) is 1. The number of hydrogen-bond acceptors (Lipinski definition) is 5. The Balaban J connectivity index is 2.61. The van der Waals surface area contributed by atoms with E-state index in [1.807, 2.05) is 27.8 Å². The highest BCUT2D eigenvalue weighted by atomic mass is 32.1. The first-order valence-electron chi connectivity index (χ1n) is 6.02. The summed E-state index contributed by atoms with van der Waals surface area (Å²) in [6, 6.07) is 0.139. The summed E-state index contributed by atoms with van der Waals surface area (Å²) in [5, 5.41) is 6.43. The molecule has 1 aromatic rings. The molecule has 1 heterocycles. The third-order valence-electron chi connectivity index (χ3n) is 2.42. The first kappa shape index (κ1) is 14.6. The van der Waals surface area contributed by atoms with Gasteiger partial charge in [-0.2, -0.15) is 0 Å². The van der Waals surface area contributed by atoms with Crippen LogP contribution < -0.4 is 5.32 Å². The van der Waals surface area contributed by atoms with Crippen LogP contribution in [-0.4, -0.2) is 37.6 Å². The molecule has 4 nitrogen and oxygen atoms in total. The summed E-state index contributed by atoms with van der Waals surface area (Å²) < 4.78 is 11.2. The average Bonchev–Trinajstić information content (AvgIpc) is 2.72. The fourth-order valence-electron chi connectivity index (χ4n) is 1.63. The van der Waals surface area contributed by atoms with Crippen LogP contribution in [0, 0.1) is 6.92 Å². The van der Waals surface area contributed by atoms with Gasteiger partial charge in [-0.15, -0.1) is 11.3 Å². The minimum Gasteiger partial charge on any atom is -0.351 e. The van der Waals surface area contributed by atoms with Gasteiger partial charge >= 0.3 is 0 Å². The van der Waals surface area contributed by atoms with Gasteiger partial charge in [0, 0.05) is 30.7 Å². The van der Waals surface area contributed by atoms with Crippen LogP contribution in [0.25, 0.3) is 0 Å². The van der Waals surface area contributed by atoms with E-state index in [1.165, 1.54) is 0 Å². The van der Waals surface area contributed by atoms with Gasteiger partial charge in [0.2, 0.25) is 0 Å². The van der Waals surface area contributed by atoms with Crippen molar-refractivity contribution in [1.82, 2.24) is 10.3 Å². The molecule has 17 heavy (non-hydrogen) atoms. The number of nitrogens with zero attached hydrogens (tertiary/aromatic N) is 1. The molecule has 1 atom stereocenters. The van der Waals surface area contributed by atoms with Crippen molar-refractivity contribution in [3.8, 4) is 0 Å². The zero-order chi connectivity index (χ0) is 12.7. The Morgan fingerprint density at radius 2 is 2.00 bits per heavy atom. The van der Waals surface area contributed by atoms with Gasteiger partial charge in [-0.25, -0.2) is 4.98 Å². The molecule has 0 aliphatic heterocycles. The Kier molecular flexibility index (Phi) is 6.65. The number of aryl methyl sites for hydroxylation is 1. The van der Waals surface area contributed by atoms with Crippen molar-refractivity contribution in [1.29, 1.82) is 0 Å². The molecule has 0 bridgehead atoms. The number of ether oxygens (including phenoxy) is 2. The Morgan fingerprint density at radius 3 is 2.41 bits per heavy atom. The highest BCUT2D eigenvalue weighted by Gasteiger charge is 2.22. The Morgan fingerprint density at radius 1 is 1.35 bits per heavy atom. The average molecular weight is 258 g/mol. The monoisotopic (exact) mass is 258 g/mol. The summed E-state index contributed by atoms with van der Waals surface area (Å²) in [6.07, 6.45) is 0.624. The molecule has 5 heteroatoms. The van der Waals surface area contributed by atoms with Crippen molar-refractivity contribution in [3.05, 3.63) is 16.1 Å². The fourth-order valence-corrected chi connectivity index (χ4v) is 2.46. The third kappa shape index (κ3) is 4.71. The maximum atomic E-state index is 5.61. The highest BCUT2D eigenvalue weighted by molar-refractivity contribution is 7.09. The van der Waals surface area contributed by atoms with Crippen molar-refractivity contribution in [2.45, 2.75) is 39.5 Å². The lowest BCUT2D eigenvalue weighted by Crippen LogP contribution is -2.42. The van der Waals surface area contributed by atoms with Gasteiger partial charge in [-0.3, -0.25) is 0 Å². The SMILES string of the molecule is CCOC(OCC)C(Cc1nc(C)cs1)NC. The predicted molar refractivity (Wildman–Crippen MR) is 70.4 cm³/mol. The number of hydrogen-bond donors (Lipinski definition) is 1. The van der Waals surface area contributed by atoms with Crippen molar-refractivity contribution in [2.75, 3.05) is 20.3 Å². The predicted octanol–water partition coefficient (Wildman–Crippen LogP) is 1.98. The van der Waals surface area contributed by atoms with Crippen molar-refractivity contribution >= 4 is 11.3 Å². The fraction of sp³-hybridized carbons (Fsp3) is 0.750. The van der Waals surface area contributed by atoms with Crippen LogP contribution in [0.5, 0.6) is 0 Å². The number of likely N-dealkylation sites (N-methyl/N-ethyl adjacent to an activating group) is 1. The van der Waals surface area contributed by atoms with E-state index in [0.717, 1.165) is 17.1 Å². The van der Waals surface area contributed by atoms with Gasteiger partial charge < -0.3 is 14.8 Å². The molecule has 1 N–H and O–H groups in total. The van der Waals surface area contributed by atoms with Crippen molar-refractivity contribution in [2.24, 2.45) is 0 Å². The molecule has 1 rings (SSSR count). The highest BCUT2D eigenvalue weighted by Crippen LogP contribution is 2.14. The molecule has 0 saturated heterocycles. The molecule has 0 aromatic carbocycles. The molecule has 1 aromatic heterocycles. The number of aromatic nitrogens is 1. The second-order valence-corrected chi connectivity index (χ2v) is 4.70. The summed E-state index contributed by atoms with van der Waals surface area (Å²) >= 11 is 1.68. The standard InChI is InChI=1S/C12H22N2O2S/c1-5-15-12(16-6-2)10(13-4)7-11-14-9(3)8-17-11/h8,10,12-13H,5-7H2,1-4H3. The van der Waals surface area contributed by atoms with Gasteiger partial charge in [0.05, 0.1) is 11.0 Å². The lowest BCUT2D eigenvalue weighted by atomic mass is 10.2. The first-order chi connectivity index (χ1) is 8.21. The van der Waals surface area contributed by atoms with Crippen LogP contribution in [0.15, 0.2) is 5.38 Å². The van der Waals surface area contributed by atoms with Crippen molar-refractivity contribution < 1.29 is 9.47 Å². The van der Waals surface area contributed by atoms with Crippen LogP contribution in [0.3, 0.4) is 0 Å². The second kappa shape index (κ2) is 7.76. The molecule has 98 valence electrons. The summed E-state index contributed by atoms with van der Waals surface area (Å²) in [7, 11) is 1.93. The smallest absolute Gasteiger partial charge is 0.173 e. The minimum absolute atomic E-state index is 0.139. The maximum absolute atomic E-state index is 5.61. The lowest BCUT2D eigenvalue weighted by molar-refractivity contribution is -0.152. The van der Waals surface area contributed by atoms with Gasteiger partial charge in [-0.1, -0.05) is 0 Å². The summed E-state index contributed by atoms with van der Waals surface area (Å²) in [4.78, 5) is 4.47. The van der Waals surface area contributed by atoms with Crippen molar-refractivity contribution in [3.63, 3.8) is 0 Å². The normalized spacial score (nSPS) is 13.2. The topological polar surface area (TPSA) is 43.4 Å². The van der Waals surface area contributed by atoms with Gasteiger partial charge in [-0.05, 0) is 27.8 Å². The molecular weight excluding hydrogens is 236 g/mol. The van der Waals surface area contributed by atoms with Crippen LogP contribution in [0.4, 0.5) is 0 Å². The molecule has 0 saturated carbocycles. The second-order valence-electron chi connectivity index (χ2n) is 3.76. The molecule has 0 radical (unpaired) electrons. The largest absolute Gasteiger partial charge is 0.351 e. The van der Waals surface area contributed by atoms with E-state index >= 15 is 0 Å². The molecular formula is C12H22N2O2S. The van der Waals surface area contributed by atoms with E-state index in [2.05, 4.69) is 15.7 Å². The molecule has 1 unspecified atom stereocenters. The van der Waals surface area contributed by atoms with E-state index < -0.39 is 0 Å². The van der Waals surface area contributed by atoms with Gasteiger partial charge in [0.25, 0.3) is 0 Å². The molecule has 0 spiro atoms. The summed E-state index contributed by atoms with van der Waals surface area (Å²) in [5.41, 5.74) is 1.07. The quantitative estimate of drug-likeness (QED) is 0.724. The van der Waals surface area contributed by atoms with E-state index in [9.17, 15) is 0 Å². The third-order valence-corrected chi connectivity index (χ3v) is 3.41.